The number of anilines is 1. The van der Waals surface area contributed by atoms with Crippen molar-refractivity contribution < 1.29 is 4.74 Å². The maximum absolute atomic E-state index is 5.30. The Hall–Kier alpha value is -1.22. The Balaban J connectivity index is 2.93. The lowest BCUT2D eigenvalue weighted by atomic mass is 10.1. The number of nitrogens with two attached hydrogens (primary N) is 1. The summed E-state index contributed by atoms with van der Waals surface area (Å²) in [7, 11) is 1.87. The smallest absolute Gasteiger partial charge is 0.144 e. The van der Waals surface area contributed by atoms with Gasteiger partial charge in [-0.2, -0.15) is 0 Å². The Morgan fingerprint density at radius 3 is 2.77 bits per heavy atom. The second-order valence-corrected chi connectivity index (χ2v) is 2.75. The zero-order valence-electron chi connectivity index (χ0n) is 8.13. The molecular formula is C10H16N2O. The van der Waals surface area contributed by atoms with Gasteiger partial charge in [-0.1, -0.05) is 13.0 Å². The minimum Gasteiger partial charge on any atom is -0.476 e. The van der Waals surface area contributed by atoms with E-state index in [1.807, 2.05) is 19.2 Å². The maximum Gasteiger partial charge on any atom is 0.144 e. The number of benzene rings is 1. The first kappa shape index (κ1) is 9.86. The molecule has 1 rings (SSSR count). The lowest BCUT2D eigenvalue weighted by molar-refractivity contribution is 0.331. The van der Waals surface area contributed by atoms with Gasteiger partial charge in [-0.05, 0) is 24.1 Å². The van der Waals surface area contributed by atoms with Crippen molar-refractivity contribution >= 4 is 5.69 Å². The number of rotatable bonds is 4. The zero-order valence-corrected chi connectivity index (χ0v) is 8.13. The van der Waals surface area contributed by atoms with Crippen molar-refractivity contribution in [2.75, 3.05) is 19.1 Å². The van der Waals surface area contributed by atoms with Crippen LogP contribution in [0.3, 0.4) is 0 Å². The molecule has 0 saturated heterocycles. The summed E-state index contributed by atoms with van der Waals surface area (Å²) in [6.45, 7) is 2.33. The molecule has 0 heterocycles. The molecule has 0 radical (unpaired) electrons. The van der Waals surface area contributed by atoms with E-state index >= 15 is 0 Å². The minimum atomic E-state index is 0.208. The highest BCUT2D eigenvalue weighted by Gasteiger charge is 2.01. The average molecular weight is 180 g/mol. The van der Waals surface area contributed by atoms with Crippen LogP contribution in [0.2, 0.25) is 0 Å². The Kier molecular flexibility index (Phi) is 3.58. The number of hydrogen-bond donors (Lipinski definition) is 2. The van der Waals surface area contributed by atoms with Crippen molar-refractivity contribution in [3.05, 3.63) is 23.8 Å². The van der Waals surface area contributed by atoms with Gasteiger partial charge in [-0.25, -0.2) is 0 Å². The van der Waals surface area contributed by atoms with Crippen molar-refractivity contribution in [1.82, 2.24) is 0 Å². The summed E-state index contributed by atoms with van der Waals surface area (Å²) < 4.78 is 5.24. The summed E-state index contributed by atoms with van der Waals surface area (Å²) in [6, 6.07) is 6.06. The van der Waals surface area contributed by atoms with Gasteiger partial charge in [0.15, 0.2) is 0 Å². The highest BCUT2D eigenvalue weighted by atomic mass is 16.5. The number of ether oxygens (including phenoxy) is 1. The average Bonchev–Trinajstić information content (AvgIpc) is 2.19. The predicted molar refractivity (Wildman–Crippen MR) is 55.0 cm³/mol. The quantitative estimate of drug-likeness (QED) is 0.692. The third-order valence-electron chi connectivity index (χ3n) is 1.96. The third kappa shape index (κ3) is 2.36. The molecule has 3 nitrogen and oxygen atoms in total. The van der Waals surface area contributed by atoms with Gasteiger partial charge < -0.3 is 10.1 Å². The molecule has 1 aromatic carbocycles. The van der Waals surface area contributed by atoms with Crippen LogP contribution in [0.5, 0.6) is 5.75 Å². The van der Waals surface area contributed by atoms with Gasteiger partial charge in [0.25, 0.3) is 0 Å². The molecule has 0 aliphatic rings. The van der Waals surface area contributed by atoms with Gasteiger partial charge in [-0.3, -0.25) is 5.73 Å². The van der Waals surface area contributed by atoms with Gasteiger partial charge in [0, 0.05) is 7.05 Å². The molecule has 0 fully saturated rings. The van der Waals surface area contributed by atoms with E-state index in [2.05, 4.69) is 18.3 Å². The molecule has 0 aliphatic carbocycles. The Morgan fingerprint density at radius 1 is 1.46 bits per heavy atom. The third-order valence-corrected chi connectivity index (χ3v) is 1.96. The molecule has 0 aromatic heterocycles. The predicted octanol–water partition coefficient (Wildman–Crippen LogP) is 1.59. The van der Waals surface area contributed by atoms with Crippen molar-refractivity contribution in [1.29, 1.82) is 0 Å². The fourth-order valence-electron chi connectivity index (χ4n) is 1.21. The van der Waals surface area contributed by atoms with Crippen LogP contribution in [-0.4, -0.2) is 13.8 Å². The minimum absolute atomic E-state index is 0.208. The van der Waals surface area contributed by atoms with E-state index in [0.29, 0.717) is 0 Å². The summed E-state index contributed by atoms with van der Waals surface area (Å²) in [5.41, 5.74) is 7.58. The summed E-state index contributed by atoms with van der Waals surface area (Å²) in [6.07, 6.45) is 1.03. The van der Waals surface area contributed by atoms with E-state index in [-0.39, 0.29) is 6.73 Å². The second kappa shape index (κ2) is 4.72. The molecule has 3 heteroatoms. The molecule has 3 N–H and O–H groups in total. The molecule has 0 amide bonds. The molecule has 0 bridgehead atoms. The number of nitrogens with one attached hydrogen (secondary N) is 1. The first-order valence-corrected chi connectivity index (χ1v) is 4.45. The Bertz CT molecular complexity index is 274. The van der Waals surface area contributed by atoms with Crippen molar-refractivity contribution in [2.24, 2.45) is 5.73 Å². The molecule has 0 saturated carbocycles. The molecule has 13 heavy (non-hydrogen) atoms. The number of aryl methyl sites for hydroxylation is 1. The monoisotopic (exact) mass is 180 g/mol. The summed E-state index contributed by atoms with van der Waals surface area (Å²) in [4.78, 5) is 0. The Labute approximate surface area is 78.9 Å². The SMILES string of the molecule is CCc1ccc(OCN)c(NC)c1. The maximum atomic E-state index is 5.30. The molecular weight excluding hydrogens is 164 g/mol. The van der Waals surface area contributed by atoms with Crippen LogP contribution in [0.25, 0.3) is 0 Å². The van der Waals surface area contributed by atoms with Crippen molar-refractivity contribution in [2.45, 2.75) is 13.3 Å². The first-order valence-electron chi connectivity index (χ1n) is 4.45. The van der Waals surface area contributed by atoms with Gasteiger partial charge in [-0.15, -0.1) is 0 Å². The van der Waals surface area contributed by atoms with Crippen LogP contribution in [0.15, 0.2) is 18.2 Å². The Morgan fingerprint density at radius 2 is 2.23 bits per heavy atom. The van der Waals surface area contributed by atoms with Gasteiger partial charge in [0.2, 0.25) is 0 Å². The fourth-order valence-corrected chi connectivity index (χ4v) is 1.21. The van der Waals surface area contributed by atoms with E-state index in [0.717, 1.165) is 17.9 Å². The summed E-state index contributed by atoms with van der Waals surface area (Å²) >= 11 is 0. The van der Waals surface area contributed by atoms with Gasteiger partial charge in [0.1, 0.15) is 12.5 Å². The van der Waals surface area contributed by atoms with E-state index in [1.165, 1.54) is 5.56 Å². The number of hydrogen-bond acceptors (Lipinski definition) is 3. The highest BCUT2D eigenvalue weighted by molar-refractivity contribution is 5.57. The summed E-state index contributed by atoms with van der Waals surface area (Å²) in [5.74, 6) is 0.808. The second-order valence-electron chi connectivity index (χ2n) is 2.75. The van der Waals surface area contributed by atoms with Crippen molar-refractivity contribution in [3.8, 4) is 5.75 Å². The van der Waals surface area contributed by atoms with E-state index in [4.69, 9.17) is 10.5 Å². The van der Waals surface area contributed by atoms with Crippen LogP contribution < -0.4 is 15.8 Å². The van der Waals surface area contributed by atoms with Crippen LogP contribution in [0.1, 0.15) is 12.5 Å². The van der Waals surface area contributed by atoms with Gasteiger partial charge in [0.05, 0.1) is 5.69 Å². The van der Waals surface area contributed by atoms with E-state index in [9.17, 15) is 0 Å². The van der Waals surface area contributed by atoms with Crippen LogP contribution in [-0.2, 0) is 6.42 Å². The molecule has 0 spiro atoms. The molecule has 0 aliphatic heterocycles. The van der Waals surface area contributed by atoms with E-state index < -0.39 is 0 Å². The largest absolute Gasteiger partial charge is 0.476 e. The standard InChI is InChI=1S/C10H16N2O/c1-3-8-4-5-10(13-7-11)9(6-8)12-2/h4-6,12H,3,7,11H2,1-2H3. The highest BCUT2D eigenvalue weighted by Crippen LogP contribution is 2.25. The molecule has 0 atom stereocenters. The summed E-state index contributed by atoms with van der Waals surface area (Å²) in [5, 5.41) is 3.07. The van der Waals surface area contributed by atoms with Gasteiger partial charge >= 0.3 is 0 Å². The van der Waals surface area contributed by atoms with Crippen LogP contribution in [0.4, 0.5) is 5.69 Å². The topological polar surface area (TPSA) is 47.3 Å². The van der Waals surface area contributed by atoms with Crippen LogP contribution >= 0.6 is 0 Å². The lowest BCUT2D eigenvalue weighted by Crippen LogP contribution is -2.08. The van der Waals surface area contributed by atoms with Crippen LogP contribution in [0, 0.1) is 0 Å². The molecule has 0 unspecified atom stereocenters. The molecule has 1 aromatic rings. The zero-order chi connectivity index (χ0) is 9.68. The fraction of sp³-hybridized carbons (Fsp3) is 0.400. The van der Waals surface area contributed by atoms with E-state index in [1.54, 1.807) is 0 Å². The first-order chi connectivity index (χ1) is 6.31. The lowest BCUT2D eigenvalue weighted by Gasteiger charge is -2.10. The normalized spacial score (nSPS) is 9.77. The van der Waals surface area contributed by atoms with Crippen molar-refractivity contribution in [3.63, 3.8) is 0 Å². The molecule has 72 valence electrons.